The Kier molecular flexibility index (Phi) is 5.81. The van der Waals surface area contributed by atoms with Crippen molar-refractivity contribution in [2.45, 2.75) is 64.5 Å². The first-order valence-corrected chi connectivity index (χ1v) is 6.46. The molecule has 1 fully saturated rings. The first kappa shape index (κ1) is 13.5. The van der Waals surface area contributed by atoms with Crippen LogP contribution in [0.25, 0.3) is 0 Å². The molecule has 0 aromatic heterocycles. The molecule has 0 radical (unpaired) electrons. The minimum atomic E-state index is -0.0938. The van der Waals surface area contributed by atoms with Gasteiger partial charge in [0.25, 0.3) is 0 Å². The molecule has 3 nitrogen and oxygen atoms in total. The van der Waals surface area contributed by atoms with Crippen molar-refractivity contribution < 1.29 is 9.53 Å². The number of nitrogens with one attached hydrogen (secondary N) is 1. The molecule has 0 saturated heterocycles. The number of carbonyl (C=O) groups is 1. The van der Waals surface area contributed by atoms with E-state index in [2.05, 4.69) is 19.2 Å². The summed E-state index contributed by atoms with van der Waals surface area (Å²) >= 11 is 0. The second-order valence-electron chi connectivity index (χ2n) is 5.11. The largest absolute Gasteiger partial charge is 0.469 e. The van der Waals surface area contributed by atoms with Crippen molar-refractivity contribution in [3.63, 3.8) is 0 Å². The van der Waals surface area contributed by atoms with E-state index < -0.39 is 0 Å². The van der Waals surface area contributed by atoms with Gasteiger partial charge in [0.1, 0.15) is 0 Å². The van der Waals surface area contributed by atoms with Crippen molar-refractivity contribution in [2.75, 3.05) is 7.11 Å². The highest BCUT2D eigenvalue weighted by Gasteiger charge is 2.26. The zero-order chi connectivity index (χ0) is 12.0. The predicted octanol–water partition coefficient (Wildman–Crippen LogP) is 2.50. The van der Waals surface area contributed by atoms with Gasteiger partial charge >= 0.3 is 5.97 Å². The summed E-state index contributed by atoms with van der Waals surface area (Å²) in [6.45, 7) is 4.26. The van der Waals surface area contributed by atoms with Crippen LogP contribution in [0, 0.1) is 5.92 Å². The standard InChI is InChI=1S/C13H25NO2/c1-10(2)14-12(9-13(15)16-3)11-7-5-4-6-8-11/h10-12,14H,4-9H2,1-3H3. The predicted molar refractivity (Wildman–Crippen MR) is 65.3 cm³/mol. The van der Waals surface area contributed by atoms with Crippen LogP contribution in [0.15, 0.2) is 0 Å². The fraction of sp³-hybridized carbons (Fsp3) is 0.923. The SMILES string of the molecule is COC(=O)CC(NC(C)C)C1CCCCC1. The summed E-state index contributed by atoms with van der Waals surface area (Å²) in [4.78, 5) is 11.4. The third-order valence-electron chi connectivity index (χ3n) is 3.38. The summed E-state index contributed by atoms with van der Waals surface area (Å²) in [6, 6.07) is 0.726. The smallest absolute Gasteiger partial charge is 0.307 e. The van der Waals surface area contributed by atoms with Gasteiger partial charge in [0, 0.05) is 12.1 Å². The first-order chi connectivity index (χ1) is 7.63. The molecule has 1 saturated carbocycles. The molecule has 0 bridgehead atoms. The van der Waals surface area contributed by atoms with Gasteiger partial charge in [-0.05, 0) is 18.8 Å². The first-order valence-electron chi connectivity index (χ1n) is 6.46. The third kappa shape index (κ3) is 4.52. The van der Waals surface area contributed by atoms with Crippen LogP contribution in [0.1, 0.15) is 52.4 Å². The van der Waals surface area contributed by atoms with E-state index in [0.717, 1.165) is 0 Å². The second-order valence-corrected chi connectivity index (χ2v) is 5.11. The molecule has 0 aromatic carbocycles. The van der Waals surface area contributed by atoms with E-state index in [9.17, 15) is 4.79 Å². The number of carbonyl (C=O) groups excluding carboxylic acids is 1. The van der Waals surface area contributed by atoms with E-state index in [4.69, 9.17) is 4.74 Å². The maximum Gasteiger partial charge on any atom is 0.307 e. The maximum absolute atomic E-state index is 11.4. The van der Waals surface area contributed by atoms with Crippen molar-refractivity contribution in [1.82, 2.24) is 5.32 Å². The van der Waals surface area contributed by atoms with Crippen molar-refractivity contribution >= 4 is 5.97 Å². The van der Waals surface area contributed by atoms with Gasteiger partial charge in [-0.3, -0.25) is 4.79 Å². The van der Waals surface area contributed by atoms with E-state index in [0.29, 0.717) is 24.4 Å². The maximum atomic E-state index is 11.4. The van der Waals surface area contributed by atoms with Crippen LogP contribution in [0.2, 0.25) is 0 Å². The zero-order valence-corrected chi connectivity index (χ0v) is 10.8. The average Bonchev–Trinajstić information content (AvgIpc) is 2.28. The van der Waals surface area contributed by atoms with Crippen LogP contribution in [-0.4, -0.2) is 25.2 Å². The van der Waals surface area contributed by atoms with E-state index in [1.54, 1.807) is 0 Å². The third-order valence-corrected chi connectivity index (χ3v) is 3.38. The summed E-state index contributed by atoms with van der Waals surface area (Å²) in [6.07, 6.45) is 6.98. The van der Waals surface area contributed by atoms with Gasteiger partial charge < -0.3 is 10.1 Å². The lowest BCUT2D eigenvalue weighted by atomic mass is 9.82. The van der Waals surface area contributed by atoms with Crippen LogP contribution >= 0.6 is 0 Å². The summed E-state index contributed by atoms with van der Waals surface area (Å²) in [5.41, 5.74) is 0. The average molecular weight is 227 g/mol. The van der Waals surface area contributed by atoms with Crippen molar-refractivity contribution in [3.8, 4) is 0 Å². The number of rotatable bonds is 5. The minimum Gasteiger partial charge on any atom is -0.469 e. The topological polar surface area (TPSA) is 38.3 Å². The van der Waals surface area contributed by atoms with E-state index in [1.165, 1.54) is 39.2 Å². The van der Waals surface area contributed by atoms with Gasteiger partial charge in [0.05, 0.1) is 13.5 Å². The molecular weight excluding hydrogens is 202 g/mol. The molecule has 1 aliphatic carbocycles. The Morgan fingerprint density at radius 3 is 2.44 bits per heavy atom. The molecule has 16 heavy (non-hydrogen) atoms. The minimum absolute atomic E-state index is 0.0938. The Labute approximate surface area is 98.9 Å². The van der Waals surface area contributed by atoms with Gasteiger partial charge in [0.15, 0.2) is 0 Å². The summed E-state index contributed by atoms with van der Waals surface area (Å²) in [5, 5.41) is 3.51. The zero-order valence-electron chi connectivity index (χ0n) is 10.8. The van der Waals surface area contributed by atoms with Crippen molar-refractivity contribution in [3.05, 3.63) is 0 Å². The highest BCUT2D eigenvalue weighted by molar-refractivity contribution is 5.69. The summed E-state index contributed by atoms with van der Waals surface area (Å²) < 4.78 is 4.77. The molecular formula is C13H25NO2. The summed E-state index contributed by atoms with van der Waals surface area (Å²) in [7, 11) is 1.47. The van der Waals surface area contributed by atoms with Gasteiger partial charge in [0.2, 0.25) is 0 Å². The highest BCUT2D eigenvalue weighted by Crippen LogP contribution is 2.28. The highest BCUT2D eigenvalue weighted by atomic mass is 16.5. The Balaban J connectivity index is 2.50. The normalized spacial score (nSPS) is 19.8. The lowest BCUT2D eigenvalue weighted by Crippen LogP contribution is -2.42. The Morgan fingerprint density at radius 1 is 1.31 bits per heavy atom. The molecule has 3 heteroatoms. The molecule has 1 aliphatic rings. The molecule has 0 spiro atoms. The number of hydrogen-bond donors (Lipinski definition) is 1. The number of esters is 1. The van der Waals surface area contributed by atoms with Crippen LogP contribution in [0.4, 0.5) is 0 Å². The number of hydrogen-bond acceptors (Lipinski definition) is 3. The fourth-order valence-corrected chi connectivity index (χ4v) is 2.59. The van der Waals surface area contributed by atoms with Gasteiger partial charge in [-0.15, -0.1) is 0 Å². The Hall–Kier alpha value is -0.570. The van der Waals surface area contributed by atoms with Gasteiger partial charge in [-0.25, -0.2) is 0 Å². The molecule has 0 aromatic rings. The Morgan fingerprint density at radius 2 is 1.94 bits per heavy atom. The lowest BCUT2D eigenvalue weighted by Gasteiger charge is -2.31. The lowest BCUT2D eigenvalue weighted by molar-refractivity contribution is -0.141. The molecule has 0 aliphatic heterocycles. The summed E-state index contributed by atoms with van der Waals surface area (Å²) in [5.74, 6) is 0.555. The molecule has 1 N–H and O–H groups in total. The number of methoxy groups -OCH3 is 1. The van der Waals surface area contributed by atoms with E-state index in [-0.39, 0.29) is 5.97 Å². The Bertz CT molecular complexity index is 210. The number of ether oxygens (including phenoxy) is 1. The van der Waals surface area contributed by atoms with Crippen molar-refractivity contribution in [1.29, 1.82) is 0 Å². The molecule has 0 amide bonds. The molecule has 1 atom stereocenters. The van der Waals surface area contributed by atoms with Crippen LogP contribution < -0.4 is 5.32 Å². The van der Waals surface area contributed by atoms with Crippen molar-refractivity contribution in [2.24, 2.45) is 5.92 Å². The van der Waals surface area contributed by atoms with Gasteiger partial charge in [-0.1, -0.05) is 33.1 Å². The van der Waals surface area contributed by atoms with Crippen LogP contribution in [-0.2, 0) is 9.53 Å². The molecule has 1 unspecified atom stereocenters. The van der Waals surface area contributed by atoms with E-state index in [1.807, 2.05) is 0 Å². The molecule has 0 heterocycles. The molecule has 1 rings (SSSR count). The van der Waals surface area contributed by atoms with E-state index >= 15 is 0 Å². The monoisotopic (exact) mass is 227 g/mol. The van der Waals surface area contributed by atoms with Gasteiger partial charge in [-0.2, -0.15) is 0 Å². The fourth-order valence-electron chi connectivity index (χ4n) is 2.59. The van der Waals surface area contributed by atoms with Crippen LogP contribution in [0.5, 0.6) is 0 Å². The molecule has 94 valence electrons. The second kappa shape index (κ2) is 6.89. The van der Waals surface area contributed by atoms with Crippen LogP contribution in [0.3, 0.4) is 0 Å². The quantitative estimate of drug-likeness (QED) is 0.733.